The van der Waals surface area contributed by atoms with E-state index in [0.29, 0.717) is 5.57 Å². The molecule has 0 bridgehead atoms. The zero-order valence-electron chi connectivity index (χ0n) is 26.5. The van der Waals surface area contributed by atoms with Crippen molar-refractivity contribution in [1.29, 1.82) is 0 Å². The first kappa shape index (κ1) is 34.5. The Bertz CT molecular complexity index is 1640. The minimum atomic E-state index is -1.22. The molecule has 4 rings (SSSR count). The number of aliphatic carboxylic acids is 1. The van der Waals surface area contributed by atoms with E-state index in [-0.39, 0.29) is 44.4 Å². The summed E-state index contributed by atoms with van der Waals surface area (Å²) >= 11 is 0. The summed E-state index contributed by atoms with van der Waals surface area (Å²) in [6.07, 6.45) is 1.09. The highest BCUT2D eigenvalue weighted by atomic mass is 16.4. The summed E-state index contributed by atoms with van der Waals surface area (Å²) < 4.78 is 0. The Morgan fingerprint density at radius 3 is 1.89 bits per heavy atom. The van der Waals surface area contributed by atoms with E-state index in [4.69, 9.17) is 0 Å². The number of hydrogen-bond donors (Lipinski definition) is 3. The molecule has 0 saturated heterocycles. The van der Waals surface area contributed by atoms with Gasteiger partial charge in [0.05, 0.1) is 12.5 Å². The first-order chi connectivity index (χ1) is 22.5. The fourth-order valence-electron chi connectivity index (χ4n) is 5.37. The summed E-state index contributed by atoms with van der Waals surface area (Å²) in [6.45, 7) is 3.11. The van der Waals surface area contributed by atoms with Crippen LogP contribution >= 0.6 is 0 Å². The number of ketones is 2. The maximum Gasteiger partial charge on any atom is 0.326 e. The number of Topliss-reactive ketones (excluding diaryl/α,β-unsaturated/α-hetero) is 2. The number of rotatable bonds is 15. The number of carboxylic acid groups (broad SMARTS) is 1. The molecule has 0 radical (unpaired) electrons. The number of carboxylic acids is 1. The molecule has 3 unspecified atom stereocenters. The summed E-state index contributed by atoms with van der Waals surface area (Å²) in [5, 5.41) is 15.3. The molecule has 0 saturated carbocycles. The van der Waals surface area contributed by atoms with E-state index in [1.54, 1.807) is 19.1 Å². The molecule has 3 N–H and O–H groups in total. The van der Waals surface area contributed by atoms with E-state index in [1.165, 1.54) is 6.20 Å². The van der Waals surface area contributed by atoms with Gasteiger partial charge in [-0.2, -0.15) is 0 Å². The highest BCUT2D eigenvalue weighted by Crippen LogP contribution is 2.18. The number of nitrogens with one attached hydrogen (secondary N) is 2. The van der Waals surface area contributed by atoms with Crippen molar-refractivity contribution < 1.29 is 33.9 Å². The van der Waals surface area contributed by atoms with Crippen LogP contribution in [0.15, 0.2) is 96.7 Å². The maximum atomic E-state index is 13.9. The van der Waals surface area contributed by atoms with E-state index in [9.17, 15) is 33.9 Å². The standard InChI is InChI=1S/C37H39N3O7/c1-24-13-15-28(16-14-24)19-31(37(46)47)39-36(45)29(17-26-9-5-3-6-10-26)20-33(42)30(18-27-11-7-4-8-12-27)38-34(43)23-40-22-25(2)32(41)21-35(40)44/h3-16,22,29-31H,17-21,23H2,1-2H3,(H,38,43)(H,39,45)(H,46,47). The van der Waals surface area contributed by atoms with Crippen molar-refractivity contribution in [2.45, 2.75) is 58.0 Å². The smallest absolute Gasteiger partial charge is 0.326 e. The fraction of sp³-hybridized carbons (Fsp3) is 0.297. The first-order valence-electron chi connectivity index (χ1n) is 15.5. The van der Waals surface area contributed by atoms with Crippen molar-refractivity contribution in [3.63, 3.8) is 0 Å². The van der Waals surface area contributed by atoms with Gasteiger partial charge in [0.2, 0.25) is 17.7 Å². The van der Waals surface area contributed by atoms with E-state index < -0.39 is 47.5 Å². The van der Waals surface area contributed by atoms with Crippen LogP contribution in [0, 0.1) is 12.8 Å². The van der Waals surface area contributed by atoms with Gasteiger partial charge < -0.3 is 20.6 Å². The highest BCUT2D eigenvalue weighted by molar-refractivity contribution is 6.10. The van der Waals surface area contributed by atoms with Crippen molar-refractivity contribution >= 4 is 35.3 Å². The van der Waals surface area contributed by atoms with Crippen molar-refractivity contribution in [2.75, 3.05) is 6.54 Å². The summed E-state index contributed by atoms with van der Waals surface area (Å²) in [7, 11) is 0. The lowest BCUT2D eigenvalue weighted by Crippen LogP contribution is -2.49. The Labute approximate surface area is 273 Å². The van der Waals surface area contributed by atoms with Gasteiger partial charge in [-0.3, -0.25) is 24.0 Å². The highest BCUT2D eigenvalue weighted by Gasteiger charge is 2.32. The summed E-state index contributed by atoms with van der Waals surface area (Å²) in [6, 6.07) is 23.3. The number of aryl methyl sites for hydroxylation is 1. The number of nitrogens with zero attached hydrogens (tertiary/aromatic N) is 1. The molecule has 0 spiro atoms. The topological polar surface area (TPSA) is 150 Å². The third-order valence-corrected chi connectivity index (χ3v) is 8.06. The molecule has 10 nitrogen and oxygen atoms in total. The largest absolute Gasteiger partial charge is 0.480 e. The van der Waals surface area contributed by atoms with E-state index in [2.05, 4.69) is 10.6 Å². The summed E-state index contributed by atoms with van der Waals surface area (Å²) in [5.74, 6) is -4.56. The van der Waals surface area contributed by atoms with Crippen LogP contribution in [0.25, 0.3) is 0 Å². The van der Waals surface area contributed by atoms with Gasteiger partial charge in [0.15, 0.2) is 11.6 Å². The average molecular weight is 638 g/mol. The van der Waals surface area contributed by atoms with Crippen molar-refractivity contribution in [3.05, 3.63) is 119 Å². The van der Waals surface area contributed by atoms with Gasteiger partial charge in [0.1, 0.15) is 12.6 Å². The Balaban J connectivity index is 1.54. The van der Waals surface area contributed by atoms with Crippen LogP contribution in [-0.4, -0.2) is 63.9 Å². The Kier molecular flexibility index (Phi) is 11.9. The minimum absolute atomic E-state index is 0.0643. The molecule has 0 fully saturated rings. The van der Waals surface area contributed by atoms with Gasteiger partial charge in [-0.05, 0) is 43.4 Å². The summed E-state index contributed by atoms with van der Waals surface area (Å²) in [5.41, 5.74) is 3.68. The molecule has 0 aromatic heterocycles. The number of benzene rings is 3. The van der Waals surface area contributed by atoms with Gasteiger partial charge in [-0.1, -0.05) is 90.5 Å². The number of carbonyl (C=O) groups excluding carboxylic acids is 5. The molecule has 3 aromatic carbocycles. The molecule has 3 atom stereocenters. The molecule has 3 aromatic rings. The number of amides is 3. The SMILES string of the molecule is CC1=CN(CC(=O)NC(Cc2ccccc2)C(=O)CC(Cc2ccccc2)C(=O)NC(Cc2ccc(C)cc2)C(=O)O)C(=O)CC1=O. The van der Waals surface area contributed by atoms with Gasteiger partial charge >= 0.3 is 5.97 Å². The van der Waals surface area contributed by atoms with Gasteiger partial charge in [-0.25, -0.2) is 4.79 Å². The zero-order chi connectivity index (χ0) is 33.9. The molecular formula is C37H39N3O7. The second-order valence-electron chi connectivity index (χ2n) is 11.9. The third-order valence-electron chi connectivity index (χ3n) is 8.06. The molecule has 1 heterocycles. The lowest BCUT2D eigenvalue weighted by atomic mass is 9.89. The van der Waals surface area contributed by atoms with Crippen molar-refractivity contribution in [3.8, 4) is 0 Å². The summed E-state index contributed by atoms with van der Waals surface area (Å²) in [4.78, 5) is 78.4. The van der Waals surface area contributed by atoms with Gasteiger partial charge in [0, 0.05) is 30.5 Å². The molecule has 1 aliphatic heterocycles. The second-order valence-corrected chi connectivity index (χ2v) is 11.9. The molecule has 244 valence electrons. The van der Waals surface area contributed by atoms with Crippen molar-refractivity contribution in [2.24, 2.45) is 5.92 Å². The van der Waals surface area contributed by atoms with Crippen LogP contribution in [0.3, 0.4) is 0 Å². The molecular weight excluding hydrogens is 598 g/mol. The number of carbonyl (C=O) groups is 6. The molecule has 47 heavy (non-hydrogen) atoms. The van der Waals surface area contributed by atoms with Crippen LogP contribution in [0.1, 0.15) is 42.0 Å². The third kappa shape index (κ3) is 10.3. The number of hydrogen-bond acceptors (Lipinski definition) is 6. The minimum Gasteiger partial charge on any atom is -0.480 e. The van der Waals surface area contributed by atoms with E-state index in [0.717, 1.165) is 27.2 Å². The number of allylic oxidation sites excluding steroid dienone is 1. The first-order valence-corrected chi connectivity index (χ1v) is 15.5. The van der Waals surface area contributed by atoms with Crippen molar-refractivity contribution in [1.82, 2.24) is 15.5 Å². The molecule has 0 aliphatic carbocycles. The predicted molar refractivity (Wildman–Crippen MR) is 175 cm³/mol. The lowest BCUT2D eigenvalue weighted by Gasteiger charge is -2.25. The fourth-order valence-corrected chi connectivity index (χ4v) is 5.37. The Hall–Kier alpha value is -5.38. The van der Waals surface area contributed by atoms with Crippen LogP contribution in [0.5, 0.6) is 0 Å². The van der Waals surface area contributed by atoms with Crippen LogP contribution in [0.4, 0.5) is 0 Å². The van der Waals surface area contributed by atoms with E-state index >= 15 is 0 Å². The monoisotopic (exact) mass is 637 g/mol. The average Bonchev–Trinajstić information content (AvgIpc) is 3.04. The predicted octanol–water partition coefficient (Wildman–Crippen LogP) is 3.36. The molecule has 3 amide bonds. The second kappa shape index (κ2) is 16.3. The quantitative estimate of drug-likeness (QED) is 0.216. The molecule has 10 heteroatoms. The van der Waals surface area contributed by atoms with Crippen LogP contribution < -0.4 is 10.6 Å². The van der Waals surface area contributed by atoms with Crippen LogP contribution in [-0.2, 0) is 48.0 Å². The molecule has 1 aliphatic rings. The van der Waals surface area contributed by atoms with Gasteiger partial charge in [0.25, 0.3) is 0 Å². The normalized spacial score (nSPS) is 14.9. The van der Waals surface area contributed by atoms with Crippen LogP contribution in [0.2, 0.25) is 0 Å². The Morgan fingerprint density at radius 2 is 1.30 bits per heavy atom. The lowest BCUT2D eigenvalue weighted by molar-refractivity contribution is -0.142. The Morgan fingerprint density at radius 1 is 0.745 bits per heavy atom. The maximum absolute atomic E-state index is 13.9. The van der Waals surface area contributed by atoms with E-state index in [1.807, 2.05) is 79.7 Å². The zero-order valence-corrected chi connectivity index (χ0v) is 26.5. The van der Waals surface area contributed by atoms with Gasteiger partial charge in [-0.15, -0.1) is 0 Å².